The maximum atomic E-state index is 12.9. The monoisotopic (exact) mass is 510 g/mol. The van der Waals surface area contributed by atoms with Crippen LogP contribution >= 0.6 is 0 Å². The van der Waals surface area contributed by atoms with Gasteiger partial charge in [0.1, 0.15) is 11.6 Å². The van der Waals surface area contributed by atoms with Gasteiger partial charge in [0.25, 0.3) is 0 Å². The van der Waals surface area contributed by atoms with Crippen molar-refractivity contribution in [3.05, 3.63) is 65.2 Å². The molecule has 2 heterocycles. The highest BCUT2D eigenvalue weighted by Gasteiger charge is 2.38. The molecule has 8 nitrogen and oxygen atoms in total. The molecule has 2 aliphatic rings. The third kappa shape index (κ3) is 7.38. The van der Waals surface area contributed by atoms with Crippen LogP contribution in [0.25, 0.3) is 0 Å². The number of nitrogens with one attached hydrogen (secondary N) is 1. The van der Waals surface area contributed by atoms with E-state index in [0.29, 0.717) is 18.7 Å². The van der Waals surface area contributed by atoms with Crippen molar-refractivity contribution in [1.29, 1.82) is 0 Å². The van der Waals surface area contributed by atoms with E-state index in [9.17, 15) is 14.7 Å². The number of esters is 1. The second-order valence-electron chi connectivity index (χ2n) is 10.8. The number of anilines is 1. The minimum Gasteiger partial charge on any atom is -0.459 e. The number of ether oxygens (including phenoxy) is 3. The van der Waals surface area contributed by atoms with Crippen molar-refractivity contribution in [1.82, 2.24) is 4.90 Å². The molecule has 0 radical (unpaired) electrons. The van der Waals surface area contributed by atoms with Crippen LogP contribution in [0.1, 0.15) is 76.0 Å². The number of carbonyl (C=O) groups excluding carboxylic acids is 2. The Balaban J connectivity index is 1.53. The van der Waals surface area contributed by atoms with Gasteiger partial charge in [0, 0.05) is 31.1 Å². The number of aliphatic hydroxyl groups excluding tert-OH is 1. The van der Waals surface area contributed by atoms with Crippen LogP contribution in [0.4, 0.5) is 5.69 Å². The van der Waals surface area contributed by atoms with Gasteiger partial charge in [-0.3, -0.25) is 14.5 Å². The highest BCUT2D eigenvalue weighted by molar-refractivity contribution is 5.88. The highest BCUT2D eigenvalue weighted by atomic mass is 16.7. The molecule has 2 fully saturated rings. The van der Waals surface area contributed by atoms with E-state index in [1.54, 1.807) is 0 Å². The Morgan fingerprint density at radius 1 is 1.05 bits per heavy atom. The Kier molecular flexibility index (Phi) is 8.64. The number of aliphatic hydroxyl groups is 1. The average Bonchev–Trinajstić information content (AvgIpc) is 3.31. The fourth-order valence-corrected chi connectivity index (χ4v) is 4.90. The molecule has 4 unspecified atom stereocenters. The summed E-state index contributed by atoms with van der Waals surface area (Å²) in [6, 6.07) is 14.9. The first-order chi connectivity index (χ1) is 17.6. The summed E-state index contributed by atoms with van der Waals surface area (Å²) in [5.41, 5.74) is 2.88. The van der Waals surface area contributed by atoms with E-state index in [0.717, 1.165) is 36.1 Å². The molecule has 37 heavy (non-hydrogen) atoms. The Hall–Kier alpha value is -2.78. The van der Waals surface area contributed by atoms with Gasteiger partial charge in [0.15, 0.2) is 6.29 Å². The summed E-state index contributed by atoms with van der Waals surface area (Å²) in [6.07, 6.45) is 1.37. The lowest BCUT2D eigenvalue weighted by atomic mass is 9.99. The first-order valence-electron chi connectivity index (χ1n) is 13.0. The average molecular weight is 511 g/mol. The van der Waals surface area contributed by atoms with Gasteiger partial charge in [-0.25, -0.2) is 0 Å². The Morgan fingerprint density at radius 2 is 1.73 bits per heavy atom. The Labute approximate surface area is 218 Å². The zero-order valence-corrected chi connectivity index (χ0v) is 22.1. The largest absolute Gasteiger partial charge is 0.459 e. The summed E-state index contributed by atoms with van der Waals surface area (Å²) >= 11 is 0. The lowest BCUT2D eigenvalue weighted by Gasteiger charge is -2.38. The third-order valence-electron chi connectivity index (χ3n) is 6.60. The SMILES string of the molecule is CC(=O)Nc1ccc(C2OC(CN3CCCC3C(=O)OC(C)(C)C)CC(c3ccc(CO)cc3)O2)cc1. The van der Waals surface area contributed by atoms with E-state index in [4.69, 9.17) is 14.2 Å². The molecule has 4 atom stereocenters. The van der Waals surface area contributed by atoms with E-state index < -0.39 is 11.9 Å². The molecule has 4 rings (SSSR count). The number of nitrogens with zero attached hydrogens (tertiary/aromatic N) is 1. The van der Waals surface area contributed by atoms with Crippen LogP contribution in [0, 0.1) is 0 Å². The standard InChI is InChI=1S/C29H38N2O6/c1-19(33)30-23-13-11-22(12-14-23)28-35-24(16-26(36-28)21-9-7-20(18-32)8-10-21)17-31-15-5-6-25(31)27(34)37-29(2,3)4/h7-14,24-26,28,32H,5-6,15-18H2,1-4H3,(H,30,33). The van der Waals surface area contributed by atoms with Crippen LogP contribution in [0.15, 0.2) is 48.5 Å². The fourth-order valence-electron chi connectivity index (χ4n) is 4.90. The Bertz CT molecular complexity index is 1060. The van der Waals surface area contributed by atoms with Crippen LogP contribution < -0.4 is 5.32 Å². The molecule has 2 aromatic carbocycles. The van der Waals surface area contributed by atoms with Gasteiger partial charge in [-0.2, -0.15) is 0 Å². The van der Waals surface area contributed by atoms with Crippen molar-refractivity contribution in [2.75, 3.05) is 18.4 Å². The number of hydrogen-bond acceptors (Lipinski definition) is 7. The maximum absolute atomic E-state index is 12.9. The summed E-state index contributed by atoms with van der Waals surface area (Å²) in [6.45, 7) is 8.54. The van der Waals surface area contributed by atoms with Crippen LogP contribution in [-0.2, 0) is 30.4 Å². The molecule has 2 saturated heterocycles. The van der Waals surface area contributed by atoms with Crippen LogP contribution in [-0.4, -0.2) is 52.7 Å². The van der Waals surface area contributed by atoms with Gasteiger partial charge in [-0.1, -0.05) is 36.4 Å². The van der Waals surface area contributed by atoms with Gasteiger partial charge in [-0.05, 0) is 63.4 Å². The number of hydrogen-bond donors (Lipinski definition) is 2. The second-order valence-corrected chi connectivity index (χ2v) is 10.8. The minimum atomic E-state index is -0.602. The number of likely N-dealkylation sites (tertiary alicyclic amines) is 1. The van der Waals surface area contributed by atoms with Crippen LogP contribution in [0.3, 0.4) is 0 Å². The van der Waals surface area contributed by atoms with E-state index >= 15 is 0 Å². The first-order valence-corrected chi connectivity index (χ1v) is 13.0. The number of amides is 1. The molecule has 0 bridgehead atoms. The molecular weight excluding hydrogens is 472 g/mol. The van der Waals surface area contributed by atoms with Gasteiger partial charge in [-0.15, -0.1) is 0 Å². The predicted molar refractivity (Wildman–Crippen MR) is 140 cm³/mol. The molecule has 0 aliphatic carbocycles. The normalized spacial score (nSPS) is 24.6. The molecule has 0 aromatic heterocycles. The summed E-state index contributed by atoms with van der Waals surface area (Å²) in [5.74, 6) is -0.312. The second kappa shape index (κ2) is 11.7. The Morgan fingerprint density at radius 3 is 2.35 bits per heavy atom. The summed E-state index contributed by atoms with van der Waals surface area (Å²) in [5, 5.41) is 12.2. The van der Waals surface area contributed by atoms with Crippen molar-refractivity contribution < 1.29 is 28.9 Å². The molecule has 2 aromatic rings. The molecule has 8 heteroatoms. The smallest absolute Gasteiger partial charge is 0.323 e. The number of benzene rings is 2. The predicted octanol–water partition coefficient (Wildman–Crippen LogP) is 4.49. The molecular formula is C29H38N2O6. The van der Waals surface area contributed by atoms with Crippen LogP contribution in [0.2, 0.25) is 0 Å². The zero-order valence-electron chi connectivity index (χ0n) is 22.1. The lowest BCUT2D eigenvalue weighted by molar-refractivity contribution is -0.253. The van der Waals surface area contributed by atoms with Crippen LogP contribution in [0.5, 0.6) is 0 Å². The van der Waals surface area contributed by atoms with Crippen molar-refractivity contribution in [3.63, 3.8) is 0 Å². The highest BCUT2D eigenvalue weighted by Crippen LogP contribution is 2.39. The van der Waals surface area contributed by atoms with Gasteiger partial charge in [0.2, 0.25) is 5.91 Å². The van der Waals surface area contributed by atoms with Crippen molar-refractivity contribution in [2.24, 2.45) is 0 Å². The summed E-state index contributed by atoms with van der Waals surface area (Å²) in [7, 11) is 0. The topological polar surface area (TPSA) is 97.3 Å². The van der Waals surface area contributed by atoms with Crippen molar-refractivity contribution in [2.45, 2.75) is 83.7 Å². The zero-order chi connectivity index (χ0) is 26.6. The maximum Gasteiger partial charge on any atom is 0.323 e. The first kappa shape index (κ1) is 27.3. The van der Waals surface area contributed by atoms with Gasteiger partial charge < -0.3 is 24.6 Å². The molecule has 2 aliphatic heterocycles. The van der Waals surface area contributed by atoms with Gasteiger partial charge >= 0.3 is 5.97 Å². The molecule has 0 spiro atoms. The molecule has 1 amide bonds. The molecule has 2 N–H and O–H groups in total. The number of rotatable bonds is 7. The van der Waals surface area contributed by atoms with E-state index in [1.165, 1.54) is 6.92 Å². The molecule has 0 saturated carbocycles. The molecule has 200 valence electrons. The summed E-state index contributed by atoms with van der Waals surface area (Å²) in [4.78, 5) is 26.4. The fraction of sp³-hybridized carbons (Fsp3) is 0.517. The summed E-state index contributed by atoms with van der Waals surface area (Å²) < 4.78 is 18.5. The van der Waals surface area contributed by atoms with Crippen molar-refractivity contribution in [3.8, 4) is 0 Å². The lowest BCUT2D eigenvalue weighted by Crippen LogP contribution is -2.45. The van der Waals surface area contributed by atoms with Gasteiger partial charge in [0.05, 0.1) is 18.8 Å². The van der Waals surface area contributed by atoms with E-state index in [2.05, 4.69) is 10.2 Å². The van der Waals surface area contributed by atoms with E-state index in [-0.39, 0.29) is 36.7 Å². The number of carbonyl (C=O) groups is 2. The minimum absolute atomic E-state index is 0.0121. The third-order valence-corrected chi connectivity index (χ3v) is 6.60. The van der Waals surface area contributed by atoms with E-state index in [1.807, 2.05) is 69.3 Å². The quantitative estimate of drug-likeness (QED) is 0.530. The van der Waals surface area contributed by atoms with Crippen molar-refractivity contribution >= 4 is 17.6 Å².